The Kier molecular flexibility index (Phi) is 4.08. The third kappa shape index (κ3) is 3.58. The van der Waals surface area contributed by atoms with Crippen LogP contribution in [0.3, 0.4) is 0 Å². The molecule has 4 nitrogen and oxygen atoms in total. The fraction of sp³-hybridized carbons (Fsp3) is 0.545. The summed E-state index contributed by atoms with van der Waals surface area (Å²) in [6.45, 7) is 4.44. The predicted molar refractivity (Wildman–Crippen MR) is 58.6 cm³/mol. The Bertz CT molecular complexity index is 272. The molecule has 1 aliphatic heterocycles. The van der Waals surface area contributed by atoms with E-state index in [1.807, 2.05) is 24.5 Å². The molecule has 82 valence electrons. The van der Waals surface area contributed by atoms with Crippen LogP contribution in [0.2, 0.25) is 0 Å². The maximum absolute atomic E-state index is 5.37. The van der Waals surface area contributed by atoms with E-state index in [9.17, 15) is 0 Å². The molecule has 2 heterocycles. The van der Waals surface area contributed by atoms with Gasteiger partial charge in [0.05, 0.1) is 13.2 Å². The van der Waals surface area contributed by atoms with Crippen molar-refractivity contribution in [3.8, 4) is 0 Å². The number of morpholine rings is 1. The average Bonchev–Trinajstić information content (AvgIpc) is 2.32. The average molecular weight is 207 g/mol. The van der Waals surface area contributed by atoms with Crippen LogP contribution in [-0.4, -0.2) is 37.3 Å². The fourth-order valence-corrected chi connectivity index (χ4v) is 1.64. The van der Waals surface area contributed by atoms with Crippen LogP contribution in [0, 0.1) is 0 Å². The summed E-state index contributed by atoms with van der Waals surface area (Å²) in [5, 5.41) is 6.81. The van der Waals surface area contributed by atoms with Gasteiger partial charge >= 0.3 is 0 Å². The van der Waals surface area contributed by atoms with Crippen LogP contribution in [0.25, 0.3) is 0 Å². The molecule has 1 aromatic heterocycles. The number of rotatable bonds is 4. The van der Waals surface area contributed by atoms with E-state index in [1.54, 1.807) is 0 Å². The lowest BCUT2D eigenvalue weighted by Crippen LogP contribution is -2.47. The lowest BCUT2D eigenvalue weighted by Gasteiger charge is -2.24. The van der Waals surface area contributed by atoms with Crippen LogP contribution in [0.5, 0.6) is 0 Å². The van der Waals surface area contributed by atoms with Gasteiger partial charge in [-0.25, -0.2) is 0 Å². The van der Waals surface area contributed by atoms with Crippen molar-refractivity contribution in [1.82, 2.24) is 15.6 Å². The van der Waals surface area contributed by atoms with Gasteiger partial charge in [0.2, 0.25) is 0 Å². The van der Waals surface area contributed by atoms with Crippen molar-refractivity contribution in [2.75, 3.05) is 26.3 Å². The number of pyridine rings is 1. The Labute approximate surface area is 90.0 Å². The van der Waals surface area contributed by atoms with Gasteiger partial charge in [-0.2, -0.15) is 0 Å². The van der Waals surface area contributed by atoms with Crippen LogP contribution in [0.15, 0.2) is 24.5 Å². The van der Waals surface area contributed by atoms with E-state index < -0.39 is 0 Å². The molecule has 1 atom stereocenters. The summed E-state index contributed by atoms with van der Waals surface area (Å²) in [5.41, 5.74) is 1.27. The molecule has 1 fully saturated rings. The lowest BCUT2D eigenvalue weighted by molar-refractivity contribution is 0.0766. The topological polar surface area (TPSA) is 46.2 Å². The zero-order valence-electron chi connectivity index (χ0n) is 8.78. The molecule has 15 heavy (non-hydrogen) atoms. The Balaban J connectivity index is 1.66. The first-order valence-electron chi connectivity index (χ1n) is 5.36. The molecule has 0 saturated carbocycles. The van der Waals surface area contributed by atoms with Crippen LogP contribution in [0.4, 0.5) is 0 Å². The van der Waals surface area contributed by atoms with E-state index in [-0.39, 0.29) is 0 Å². The highest BCUT2D eigenvalue weighted by atomic mass is 16.5. The molecular weight excluding hydrogens is 190 g/mol. The first-order chi connectivity index (χ1) is 7.45. The largest absolute Gasteiger partial charge is 0.378 e. The molecule has 2 rings (SSSR count). The van der Waals surface area contributed by atoms with Gasteiger partial charge in [0.1, 0.15) is 0 Å². The van der Waals surface area contributed by atoms with E-state index in [4.69, 9.17) is 4.74 Å². The van der Waals surface area contributed by atoms with Crippen molar-refractivity contribution in [3.63, 3.8) is 0 Å². The van der Waals surface area contributed by atoms with E-state index >= 15 is 0 Å². The monoisotopic (exact) mass is 207 g/mol. The first kappa shape index (κ1) is 10.5. The van der Waals surface area contributed by atoms with Gasteiger partial charge in [0.15, 0.2) is 0 Å². The molecule has 1 saturated heterocycles. The van der Waals surface area contributed by atoms with Gasteiger partial charge < -0.3 is 15.4 Å². The summed E-state index contributed by atoms with van der Waals surface area (Å²) >= 11 is 0. The van der Waals surface area contributed by atoms with Crippen molar-refractivity contribution < 1.29 is 4.74 Å². The molecule has 4 heteroatoms. The Morgan fingerprint density at radius 1 is 1.47 bits per heavy atom. The minimum absolute atomic E-state index is 0.445. The minimum atomic E-state index is 0.445. The Morgan fingerprint density at radius 2 is 2.33 bits per heavy atom. The van der Waals surface area contributed by atoms with Crippen LogP contribution in [-0.2, 0) is 11.3 Å². The van der Waals surface area contributed by atoms with Gasteiger partial charge in [0, 0.05) is 38.1 Å². The molecular formula is C11H17N3O. The maximum Gasteiger partial charge on any atom is 0.0632 e. The quantitative estimate of drug-likeness (QED) is 0.738. The number of hydrogen-bond donors (Lipinski definition) is 2. The molecule has 0 amide bonds. The third-order valence-corrected chi connectivity index (χ3v) is 2.47. The standard InChI is InChI=1S/C11H17N3O/c1-3-12-4-2-10(1)7-13-8-11-9-15-6-5-14-11/h1-4,11,13-14H,5-9H2. The highest BCUT2D eigenvalue weighted by molar-refractivity contribution is 5.08. The van der Waals surface area contributed by atoms with Gasteiger partial charge in [-0.05, 0) is 17.7 Å². The first-order valence-corrected chi connectivity index (χ1v) is 5.36. The summed E-state index contributed by atoms with van der Waals surface area (Å²) in [6.07, 6.45) is 3.64. The van der Waals surface area contributed by atoms with Crippen molar-refractivity contribution in [2.24, 2.45) is 0 Å². The predicted octanol–water partition coefficient (Wildman–Crippen LogP) is 0.160. The smallest absolute Gasteiger partial charge is 0.0632 e. The summed E-state index contributed by atoms with van der Waals surface area (Å²) in [4.78, 5) is 3.98. The fourth-order valence-electron chi connectivity index (χ4n) is 1.64. The van der Waals surface area contributed by atoms with Crippen molar-refractivity contribution in [1.29, 1.82) is 0 Å². The zero-order chi connectivity index (χ0) is 10.3. The number of nitrogens with one attached hydrogen (secondary N) is 2. The van der Waals surface area contributed by atoms with Crippen LogP contribution >= 0.6 is 0 Å². The van der Waals surface area contributed by atoms with E-state index in [1.165, 1.54) is 5.56 Å². The third-order valence-electron chi connectivity index (χ3n) is 2.47. The second-order valence-electron chi connectivity index (χ2n) is 3.71. The number of hydrogen-bond acceptors (Lipinski definition) is 4. The molecule has 0 aromatic carbocycles. The Morgan fingerprint density at radius 3 is 3.07 bits per heavy atom. The molecule has 0 radical (unpaired) electrons. The molecule has 1 unspecified atom stereocenters. The van der Waals surface area contributed by atoms with Crippen molar-refractivity contribution in [2.45, 2.75) is 12.6 Å². The van der Waals surface area contributed by atoms with Gasteiger partial charge in [-0.1, -0.05) is 0 Å². The van der Waals surface area contributed by atoms with E-state index in [0.717, 1.165) is 32.8 Å². The van der Waals surface area contributed by atoms with Crippen LogP contribution < -0.4 is 10.6 Å². The highest BCUT2D eigenvalue weighted by Gasteiger charge is 2.11. The highest BCUT2D eigenvalue weighted by Crippen LogP contribution is 1.96. The second-order valence-corrected chi connectivity index (χ2v) is 3.71. The van der Waals surface area contributed by atoms with Crippen molar-refractivity contribution in [3.05, 3.63) is 30.1 Å². The SMILES string of the molecule is c1cc(CNCC2COCCN2)ccn1. The van der Waals surface area contributed by atoms with Crippen LogP contribution in [0.1, 0.15) is 5.56 Å². The van der Waals surface area contributed by atoms with Crippen molar-refractivity contribution >= 4 is 0 Å². The van der Waals surface area contributed by atoms with E-state index in [0.29, 0.717) is 6.04 Å². The van der Waals surface area contributed by atoms with Gasteiger partial charge in [-0.3, -0.25) is 4.98 Å². The molecule has 2 N–H and O–H groups in total. The van der Waals surface area contributed by atoms with Gasteiger partial charge in [0.25, 0.3) is 0 Å². The Hall–Kier alpha value is -0.970. The number of ether oxygens (including phenoxy) is 1. The maximum atomic E-state index is 5.37. The number of aromatic nitrogens is 1. The number of nitrogens with zero attached hydrogens (tertiary/aromatic N) is 1. The molecule has 1 aliphatic rings. The normalized spacial score (nSPS) is 21.5. The summed E-state index contributed by atoms with van der Waals surface area (Å²) in [5.74, 6) is 0. The molecule has 0 bridgehead atoms. The summed E-state index contributed by atoms with van der Waals surface area (Å²) < 4.78 is 5.37. The summed E-state index contributed by atoms with van der Waals surface area (Å²) in [6, 6.07) is 4.50. The molecule has 1 aromatic rings. The minimum Gasteiger partial charge on any atom is -0.378 e. The molecule has 0 aliphatic carbocycles. The summed E-state index contributed by atoms with van der Waals surface area (Å²) in [7, 11) is 0. The lowest BCUT2D eigenvalue weighted by atomic mass is 10.2. The zero-order valence-corrected chi connectivity index (χ0v) is 8.78. The second kappa shape index (κ2) is 5.80. The molecule has 0 spiro atoms. The van der Waals surface area contributed by atoms with E-state index in [2.05, 4.69) is 15.6 Å². The van der Waals surface area contributed by atoms with Gasteiger partial charge in [-0.15, -0.1) is 0 Å².